The second kappa shape index (κ2) is 13.5. The van der Waals surface area contributed by atoms with Crippen LogP contribution in [-0.2, 0) is 15.6 Å². The average Bonchev–Trinajstić information content (AvgIpc) is 2.80. The summed E-state index contributed by atoms with van der Waals surface area (Å²) in [5.41, 5.74) is 1.74. The normalized spacial score (nSPS) is 11.2. The van der Waals surface area contributed by atoms with Gasteiger partial charge in [0.05, 0.1) is 0 Å². The van der Waals surface area contributed by atoms with Crippen LogP contribution in [0.2, 0.25) is 18.1 Å². The highest BCUT2D eigenvalue weighted by atomic mass is 28.4. The fraction of sp³-hybridized carbons (Fsp3) is 0.269. The summed E-state index contributed by atoms with van der Waals surface area (Å²) in [6.45, 7) is 13.7. The highest BCUT2D eigenvalue weighted by Crippen LogP contribution is 2.26. The summed E-state index contributed by atoms with van der Waals surface area (Å²) in [4.78, 5) is 10.9. The lowest BCUT2D eigenvalue weighted by atomic mass is 10.1. The van der Waals surface area contributed by atoms with Gasteiger partial charge in [-0.2, -0.15) is 0 Å². The minimum Gasteiger partial charge on any atom is -0.544 e. The molecule has 2 rings (SSSR count). The van der Waals surface area contributed by atoms with Crippen LogP contribution in [0.15, 0.2) is 79.6 Å². The van der Waals surface area contributed by atoms with E-state index in [-0.39, 0.29) is 17.4 Å². The van der Waals surface area contributed by atoms with Crippen molar-refractivity contribution in [1.82, 2.24) is 0 Å². The highest BCUT2D eigenvalue weighted by Gasteiger charge is 2.30. The summed E-state index contributed by atoms with van der Waals surface area (Å²) in [7, 11) is -1.68. The molecule has 0 heterocycles. The summed E-state index contributed by atoms with van der Waals surface area (Å²) in [5.74, 6) is 0.229. The standard InChI is InChI=1S/C16H23FOSi.C10H9FO/c1-5-16(18-19(6-2,7-3)8-4)13-14-9-11-15(17)12-10-14;1-2-10(12)7-8-3-5-9(11)6-4-8/h5,9-13H,1,6-8H2,2-4H3;2-6H,1,7H2/b16-13-;. The number of hydrogen-bond acceptors (Lipinski definition) is 2. The minimum atomic E-state index is -1.68. The van der Waals surface area contributed by atoms with Crippen molar-refractivity contribution < 1.29 is 18.0 Å². The molecule has 0 radical (unpaired) electrons. The van der Waals surface area contributed by atoms with Gasteiger partial charge in [0.2, 0.25) is 8.32 Å². The second-order valence-corrected chi connectivity index (χ2v) is 11.8. The van der Waals surface area contributed by atoms with E-state index in [1.807, 2.05) is 6.08 Å². The first-order valence-electron chi connectivity index (χ1n) is 10.5. The first-order chi connectivity index (χ1) is 14.8. The van der Waals surface area contributed by atoms with E-state index in [2.05, 4.69) is 33.9 Å². The number of benzene rings is 2. The van der Waals surface area contributed by atoms with E-state index in [4.69, 9.17) is 4.43 Å². The van der Waals surface area contributed by atoms with Crippen LogP contribution in [-0.4, -0.2) is 14.1 Å². The van der Waals surface area contributed by atoms with E-state index in [0.29, 0.717) is 6.42 Å². The number of carbonyl (C=O) groups is 1. The largest absolute Gasteiger partial charge is 0.544 e. The van der Waals surface area contributed by atoms with Crippen molar-refractivity contribution in [3.63, 3.8) is 0 Å². The van der Waals surface area contributed by atoms with Crippen LogP contribution in [0.5, 0.6) is 0 Å². The summed E-state index contributed by atoms with van der Waals surface area (Å²) < 4.78 is 31.5. The van der Waals surface area contributed by atoms with Gasteiger partial charge in [0.1, 0.15) is 17.4 Å². The fourth-order valence-corrected chi connectivity index (χ4v) is 5.52. The Balaban J connectivity index is 0.000000343. The third-order valence-electron chi connectivity index (χ3n) is 5.17. The highest BCUT2D eigenvalue weighted by molar-refractivity contribution is 6.73. The van der Waals surface area contributed by atoms with Crippen molar-refractivity contribution in [2.45, 2.75) is 45.3 Å². The maximum absolute atomic E-state index is 12.9. The molecule has 2 aromatic rings. The van der Waals surface area contributed by atoms with Gasteiger partial charge in [-0.1, -0.05) is 58.2 Å². The molecule has 0 bridgehead atoms. The molecule has 0 aliphatic carbocycles. The molecule has 2 nitrogen and oxygen atoms in total. The molecule has 0 saturated heterocycles. The predicted octanol–water partition coefficient (Wildman–Crippen LogP) is 7.50. The topological polar surface area (TPSA) is 26.3 Å². The van der Waals surface area contributed by atoms with Gasteiger partial charge < -0.3 is 4.43 Å². The lowest BCUT2D eigenvalue weighted by Crippen LogP contribution is -2.35. The number of carbonyl (C=O) groups excluding carboxylic acids is 1. The molecule has 0 spiro atoms. The molecule has 2 aromatic carbocycles. The Morgan fingerprint density at radius 3 is 1.77 bits per heavy atom. The lowest BCUT2D eigenvalue weighted by molar-refractivity contribution is -0.114. The summed E-state index contributed by atoms with van der Waals surface area (Å²) in [6.07, 6.45) is 5.23. The smallest absolute Gasteiger partial charge is 0.250 e. The van der Waals surface area contributed by atoms with E-state index >= 15 is 0 Å². The maximum Gasteiger partial charge on any atom is 0.250 e. The van der Waals surface area contributed by atoms with Gasteiger partial charge in [-0.15, -0.1) is 0 Å². The Labute approximate surface area is 186 Å². The second-order valence-electron chi connectivity index (χ2n) is 7.12. The van der Waals surface area contributed by atoms with E-state index < -0.39 is 8.32 Å². The molecule has 0 amide bonds. The maximum atomic E-state index is 12.9. The molecule has 0 saturated carbocycles. The van der Waals surface area contributed by atoms with Crippen molar-refractivity contribution in [3.05, 3.63) is 102 Å². The Morgan fingerprint density at radius 1 is 0.871 bits per heavy atom. The SMILES string of the molecule is C=C/C(=C/c1ccc(F)cc1)O[Si](CC)(CC)CC.C=CC(=O)Cc1ccc(F)cc1. The molecule has 0 fully saturated rings. The molecular weight excluding hydrogens is 410 g/mol. The van der Waals surface area contributed by atoms with E-state index in [1.54, 1.807) is 30.3 Å². The van der Waals surface area contributed by atoms with E-state index in [9.17, 15) is 13.6 Å². The number of allylic oxidation sites excluding steroid dienone is 2. The van der Waals surface area contributed by atoms with Crippen LogP contribution in [0.25, 0.3) is 6.08 Å². The van der Waals surface area contributed by atoms with Crippen LogP contribution < -0.4 is 0 Å². The van der Waals surface area contributed by atoms with Crippen LogP contribution in [0, 0.1) is 11.6 Å². The summed E-state index contributed by atoms with van der Waals surface area (Å²) in [5, 5.41) is 0. The zero-order valence-electron chi connectivity index (χ0n) is 18.7. The fourth-order valence-electron chi connectivity index (χ4n) is 2.95. The lowest BCUT2D eigenvalue weighted by Gasteiger charge is -2.29. The third-order valence-corrected chi connectivity index (χ3v) is 9.70. The molecule has 0 N–H and O–H groups in total. The summed E-state index contributed by atoms with van der Waals surface area (Å²) in [6, 6.07) is 15.5. The van der Waals surface area contributed by atoms with Gasteiger partial charge in [0.25, 0.3) is 0 Å². The monoisotopic (exact) mass is 442 g/mol. The third kappa shape index (κ3) is 9.26. The zero-order valence-corrected chi connectivity index (χ0v) is 19.7. The molecule has 0 aliphatic heterocycles. The summed E-state index contributed by atoms with van der Waals surface area (Å²) >= 11 is 0. The van der Waals surface area contributed by atoms with Crippen LogP contribution in [0.3, 0.4) is 0 Å². The van der Waals surface area contributed by atoms with E-state index in [0.717, 1.165) is 35.0 Å². The Kier molecular flexibility index (Phi) is 11.4. The molecule has 166 valence electrons. The van der Waals surface area contributed by atoms with Gasteiger partial charge in [-0.25, -0.2) is 8.78 Å². The minimum absolute atomic E-state index is 0.0541. The molecule has 0 unspecified atom stereocenters. The predicted molar refractivity (Wildman–Crippen MR) is 128 cm³/mol. The first-order valence-corrected chi connectivity index (χ1v) is 13.0. The van der Waals surface area contributed by atoms with Gasteiger partial charge >= 0.3 is 0 Å². The molecule has 5 heteroatoms. The van der Waals surface area contributed by atoms with E-state index in [1.165, 1.54) is 30.3 Å². The zero-order chi connectivity index (χ0) is 23.3. The van der Waals surface area contributed by atoms with Crippen molar-refractivity contribution in [1.29, 1.82) is 0 Å². The molecule has 31 heavy (non-hydrogen) atoms. The average molecular weight is 443 g/mol. The van der Waals surface area contributed by atoms with Gasteiger partial charge in [0, 0.05) is 6.42 Å². The number of ketones is 1. The van der Waals surface area contributed by atoms with Gasteiger partial charge in [0.15, 0.2) is 5.78 Å². The Hall–Kier alpha value is -2.79. The van der Waals surface area contributed by atoms with Crippen molar-refractivity contribution in [2.24, 2.45) is 0 Å². The molecule has 0 aromatic heterocycles. The first kappa shape index (κ1) is 26.2. The van der Waals surface area contributed by atoms with Crippen molar-refractivity contribution >= 4 is 20.2 Å². The van der Waals surface area contributed by atoms with Crippen LogP contribution in [0.1, 0.15) is 31.9 Å². The van der Waals surface area contributed by atoms with Gasteiger partial charge in [-0.05, 0) is 71.8 Å². The molecule has 0 aliphatic rings. The Bertz CT molecular complexity index is 859. The van der Waals surface area contributed by atoms with Gasteiger partial charge in [-0.3, -0.25) is 4.79 Å². The van der Waals surface area contributed by atoms with Crippen LogP contribution in [0.4, 0.5) is 8.78 Å². The van der Waals surface area contributed by atoms with Crippen molar-refractivity contribution in [3.8, 4) is 0 Å². The van der Waals surface area contributed by atoms with Crippen molar-refractivity contribution in [2.75, 3.05) is 0 Å². The van der Waals surface area contributed by atoms with Crippen LogP contribution >= 0.6 is 0 Å². The molecular formula is C26H32F2O2Si. The number of halogens is 2. The Morgan fingerprint density at radius 2 is 1.35 bits per heavy atom. The quantitative estimate of drug-likeness (QED) is 0.165. The molecule has 0 atom stereocenters. The number of rotatable bonds is 10. The number of hydrogen-bond donors (Lipinski definition) is 0.